The van der Waals surface area contributed by atoms with Gasteiger partial charge in [-0.25, -0.2) is 12.8 Å². The van der Waals surface area contributed by atoms with E-state index >= 15 is 0 Å². The number of methoxy groups -OCH3 is 1. The Hall–Kier alpha value is -3.40. The van der Waals surface area contributed by atoms with Gasteiger partial charge in [-0.2, -0.15) is 0 Å². The summed E-state index contributed by atoms with van der Waals surface area (Å²) in [6, 6.07) is 9.88. The van der Waals surface area contributed by atoms with Crippen molar-refractivity contribution in [2.75, 3.05) is 17.1 Å². The molecule has 0 spiro atoms. The van der Waals surface area contributed by atoms with Crippen LogP contribution in [-0.4, -0.2) is 26.6 Å². The molecule has 0 aliphatic rings. The van der Waals surface area contributed by atoms with Crippen LogP contribution in [0.15, 0.2) is 51.9 Å². The number of hydrogen-bond acceptors (Lipinski definition) is 6. The van der Waals surface area contributed by atoms with Crippen molar-refractivity contribution >= 4 is 27.5 Å². The van der Waals surface area contributed by atoms with Gasteiger partial charge in [-0.1, -0.05) is 30.3 Å². The number of carbonyl (C=O) groups is 1. The highest BCUT2D eigenvalue weighted by molar-refractivity contribution is 7.92. The van der Waals surface area contributed by atoms with Crippen molar-refractivity contribution in [3.8, 4) is 16.9 Å². The van der Waals surface area contributed by atoms with Gasteiger partial charge in [0, 0.05) is 6.92 Å². The lowest BCUT2D eigenvalue weighted by Gasteiger charge is -2.14. The summed E-state index contributed by atoms with van der Waals surface area (Å²) in [5.41, 5.74) is 1.24. The molecule has 3 rings (SSSR count). The Balaban J connectivity index is 2.12. The van der Waals surface area contributed by atoms with E-state index in [9.17, 15) is 17.6 Å². The zero-order valence-corrected chi connectivity index (χ0v) is 17.3. The Morgan fingerprint density at radius 3 is 2.60 bits per heavy atom. The quantitative estimate of drug-likeness (QED) is 0.586. The number of amides is 1. The van der Waals surface area contributed by atoms with Crippen LogP contribution in [0.4, 0.5) is 16.0 Å². The maximum absolute atomic E-state index is 14.0. The minimum Gasteiger partial charge on any atom is -0.495 e. The molecule has 1 amide bonds. The van der Waals surface area contributed by atoms with Gasteiger partial charge in [0.2, 0.25) is 11.8 Å². The number of carbonyl (C=O) groups excluding carboxylic acids is 1. The predicted molar refractivity (Wildman–Crippen MR) is 109 cm³/mol. The van der Waals surface area contributed by atoms with Crippen molar-refractivity contribution in [2.24, 2.45) is 0 Å². The summed E-state index contributed by atoms with van der Waals surface area (Å²) in [5, 5.41) is 6.49. The molecule has 0 aliphatic carbocycles. The van der Waals surface area contributed by atoms with Gasteiger partial charge >= 0.3 is 0 Å². The zero-order valence-electron chi connectivity index (χ0n) is 16.5. The molecule has 158 valence electrons. The first-order chi connectivity index (χ1) is 14.3. The molecule has 0 fully saturated rings. The van der Waals surface area contributed by atoms with Gasteiger partial charge in [-0.05, 0) is 36.2 Å². The molecule has 0 bridgehead atoms. The minimum atomic E-state index is -4.20. The topological polar surface area (TPSA) is 111 Å². The van der Waals surface area contributed by atoms with Crippen molar-refractivity contribution in [1.82, 2.24) is 5.16 Å². The standard InChI is InChI=1S/C20H20FN3O5S/c1-4-15-19(20(29-23-15)22-12(2)25)13-9-10-17(28-3)18(11-13)30(26,27)24-16-8-6-5-7-14(16)21/h5-11,24H,4H2,1-3H3,(H,22,25). The molecule has 3 aromatic rings. The Kier molecular flexibility index (Phi) is 6.06. The number of nitrogens with zero attached hydrogens (tertiary/aromatic N) is 1. The number of rotatable bonds is 7. The average molecular weight is 433 g/mol. The molecular formula is C20H20FN3O5S. The van der Waals surface area contributed by atoms with Gasteiger partial charge in [0.25, 0.3) is 10.0 Å². The van der Waals surface area contributed by atoms with Crippen molar-refractivity contribution in [1.29, 1.82) is 0 Å². The highest BCUT2D eigenvalue weighted by Crippen LogP contribution is 2.37. The van der Waals surface area contributed by atoms with Crippen molar-refractivity contribution < 1.29 is 26.9 Å². The molecule has 0 aliphatic heterocycles. The second-order valence-corrected chi connectivity index (χ2v) is 7.97. The van der Waals surface area contributed by atoms with Gasteiger partial charge in [0.15, 0.2) is 0 Å². The molecule has 2 N–H and O–H groups in total. The third-order valence-electron chi connectivity index (χ3n) is 4.25. The number of halogens is 1. The van der Waals surface area contributed by atoms with Gasteiger partial charge < -0.3 is 9.26 Å². The van der Waals surface area contributed by atoms with Crippen molar-refractivity contribution in [3.63, 3.8) is 0 Å². The zero-order chi connectivity index (χ0) is 21.9. The number of aromatic nitrogens is 1. The van der Waals surface area contributed by atoms with Crippen LogP contribution in [0.5, 0.6) is 5.75 Å². The van der Waals surface area contributed by atoms with Crippen LogP contribution in [0.2, 0.25) is 0 Å². The smallest absolute Gasteiger partial charge is 0.265 e. The lowest BCUT2D eigenvalue weighted by molar-refractivity contribution is -0.114. The van der Waals surface area contributed by atoms with Crippen LogP contribution in [0, 0.1) is 5.82 Å². The Morgan fingerprint density at radius 1 is 1.23 bits per heavy atom. The van der Waals surface area contributed by atoms with Gasteiger partial charge in [0.05, 0.1) is 24.1 Å². The predicted octanol–water partition coefficient (Wildman–Crippen LogP) is 3.81. The summed E-state index contributed by atoms with van der Waals surface area (Å²) in [6.45, 7) is 3.17. The average Bonchev–Trinajstić information content (AvgIpc) is 3.11. The fourth-order valence-corrected chi connectivity index (χ4v) is 4.16. The monoisotopic (exact) mass is 433 g/mol. The van der Waals surface area contributed by atoms with Crippen LogP contribution in [0.25, 0.3) is 11.1 Å². The molecule has 0 unspecified atom stereocenters. The molecule has 0 radical (unpaired) electrons. The number of hydrogen-bond donors (Lipinski definition) is 2. The Morgan fingerprint density at radius 2 is 1.97 bits per heavy atom. The molecule has 1 heterocycles. The fraction of sp³-hybridized carbons (Fsp3) is 0.200. The van der Waals surface area contributed by atoms with Gasteiger partial charge in [-0.15, -0.1) is 0 Å². The summed E-state index contributed by atoms with van der Waals surface area (Å²) in [7, 11) is -2.87. The van der Waals surface area contributed by atoms with E-state index in [2.05, 4.69) is 15.2 Å². The van der Waals surface area contributed by atoms with E-state index in [0.29, 0.717) is 23.2 Å². The fourth-order valence-electron chi connectivity index (χ4n) is 2.89. The number of aryl methyl sites for hydroxylation is 1. The third-order valence-corrected chi connectivity index (χ3v) is 5.63. The lowest BCUT2D eigenvalue weighted by atomic mass is 10.0. The van der Waals surface area contributed by atoms with E-state index in [0.717, 1.165) is 6.07 Å². The van der Waals surface area contributed by atoms with Gasteiger partial charge in [-0.3, -0.25) is 14.8 Å². The Bertz CT molecular complexity index is 1190. The maximum Gasteiger partial charge on any atom is 0.265 e. The minimum absolute atomic E-state index is 0.0677. The molecule has 0 atom stereocenters. The summed E-state index contributed by atoms with van der Waals surface area (Å²) in [5.74, 6) is -0.901. The first-order valence-electron chi connectivity index (χ1n) is 8.98. The highest BCUT2D eigenvalue weighted by atomic mass is 32.2. The van der Waals surface area contributed by atoms with E-state index in [4.69, 9.17) is 9.26 Å². The summed E-state index contributed by atoms with van der Waals surface area (Å²) in [6.07, 6.45) is 0.486. The normalized spacial score (nSPS) is 11.2. The van der Waals surface area contributed by atoms with Crippen LogP contribution >= 0.6 is 0 Å². The molecule has 1 aromatic heterocycles. The number of ether oxygens (including phenoxy) is 1. The van der Waals surface area contributed by atoms with Gasteiger partial charge in [0.1, 0.15) is 16.5 Å². The first-order valence-corrected chi connectivity index (χ1v) is 10.5. The van der Waals surface area contributed by atoms with E-state index in [-0.39, 0.29) is 28.1 Å². The summed E-state index contributed by atoms with van der Waals surface area (Å²) in [4.78, 5) is 11.3. The summed E-state index contributed by atoms with van der Waals surface area (Å²) >= 11 is 0. The van der Waals surface area contributed by atoms with Crippen LogP contribution < -0.4 is 14.8 Å². The third kappa shape index (κ3) is 4.28. The first kappa shape index (κ1) is 21.3. The van der Waals surface area contributed by atoms with E-state index in [1.54, 1.807) is 6.07 Å². The SMILES string of the molecule is CCc1noc(NC(C)=O)c1-c1ccc(OC)c(S(=O)(=O)Nc2ccccc2F)c1. The number of nitrogens with one attached hydrogen (secondary N) is 2. The molecule has 10 heteroatoms. The number of para-hydroxylation sites is 1. The lowest BCUT2D eigenvalue weighted by Crippen LogP contribution is -2.15. The maximum atomic E-state index is 14.0. The van der Waals surface area contributed by atoms with Crippen molar-refractivity contribution in [3.05, 3.63) is 54.0 Å². The Labute approximate surface area is 173 Å². The molecule has 2 aromatic carbocycles. The molecule has 30 heavy (non-hydrogen) atoms. The number of anilines is 2. The van der Waals surface area contributed by atoms with Crippen LogP contribution in [0.1, 0.15) is 19.5 Å². The van der Waals surface area contributed by atoms with Crippen LogP contribution in [-0.2, 0) is 21.2 Å². The molecule has 0 saturated heterocycles. The highest BCUT2D eigenvalue weighted by Gasteiger charge is 2.25. The summed E-state index contributed by atoms with van der Waals surface area (Å²) < 4.78 is 52.6. The number of benzene rings is 2. The molecule has 0 saturated carbocycles. The van der Waals surface area contributed by atoms with E-state index in [1.807, 2.05) is 6.92 Å². The second-order valence-electron chi connectivity index (χ2n) is 6.32. The molecular weight excluding hydrogens is 413 g/mol. The molecule has 8 nitrogen and oxygen atoms in total. The van der Waals surface area contributed by atoms with Crippen molar-refractivity contribution in [2.45, 2.75) is 25.2 Å². The number of sulfonamides is 1. The van der Waals surface area contributed by atoms with E-state index < -0.39 is 15.8 Å². The second kappa shape index (κ2) is 8.54. The largest absolute Gasteiger partial charge is 0.495 e. The van der Waals surface area contributed by atoms with Crippen LogP contribution in [0.3, 0.4) is 0 Å². The van der Waals surface area contributed by atoms with E-state index in [1.165, 1.54) is 44.4 Å².